The van der Waals surface area contributed by atoms with E-state index in [0.717, 1.165) is 11.3 Å². The Morgan fingerprint density at radius 1 is 1.23 bits per heavy atom. The highest BCUT2D eigenvalue weighted by atomic mass is 35.5. The summed E-state index contributed by atoms with van der Waals surface area (Å²) in [5.41, 5.74) is 2.93. The molecule has 0 aliphatic carbocycles. The number of amides is 1. The first-order valence-electron chi connectivity index (χ1n) is 8.03. The van der Waals surface area contributed by atoms with Crippen LogP contribution in [-0.2, 0) is 21.4 Å². The fourth-order valence-electron chi connectivity index (χ4n) is 2.21. The zero-order valence-electron chi connectivity index (χ0n) is 14.8. The number of esters is 1. The number of halogens is 1. The van der Waals surface area contributed by atoms with Crippen LogP contribution < -0.4 is 5.32 Å². The molecule has 0 atom stereocenters. The maximum absolute atomic E-state index is 12.0. The van der Waals surface area contributed by atoms with Crippen molar-refractivity contribution in [1.29, 1.82) is 0 Å². The van der Waals surface area contributed by atoms with Gasteiger partial charge in [0.2, 0.25) is 5.91 Å². The van der Waals surface area contributed by atoms with E-state index in [-0.39, 0.29) is 11.9 Å². The normalized spacial score (nSPS) is 11.2. The monoisotopic (exact) mass is 373 g/mol. The van der Waals surface area contributed by atoms with Crippen LogP contribution in [0.4, 0.5) is 5.69 Å². The zero-order chi connectivity index (χ0) is 19.1. The van der Waals surface area contributed by atoms with Gasteiger partial charge in [0.1, 0.15) is 5.15 Å². The summed E-state index contributed by atoms with van der Waals surface area (Å²) in [7, 11) is 1.74. The van der Waals surface area contributed by atoms with E-state index in [9.17, 15) is 9.59 Å². The number of hydrogen-bond donors (Lipinski definition) is 1. The number of aromatic nitrogens is 2. The van der Waals surface area contributed by atoms with Gasteiger partial charge in [0.25, 0.3) is 0 Å². The molecule has 0 bridgehead atoms. The summed E-state index contributed by atoms with van der Waals surface area (Å²) in [4.78, 5) is 23.3. The Balaban J connectivity index is 1.97. The lowest BCUT2D eigenvalue weighted by atomic mass is 10.2. The molecule has 0 radical (unpaired) electrons. The molecule has 26 heavy (non-hydrogen) atoms. The highest BCUT2D eigenvalue weighted by Crippen LogP contribution is 2.20. The highest BCUT2D eigenvalue weighted by Gasteiger charge is 2.08. The van der Waals surface area contributed by atoms with Gasteiger partial charge in [-0.15, -0.1) is 0 Å². The topological polar surface area (TPSA) is 73.2 Å². The number of ether oxygens (including phenoxy) is 1. The maximum Gasteiger partial charge on any atom is 0.330 e. The predicted molar refractivity (Wildman–Crippen MR) is 103 cm³/mol. The van der Waals surface area contributed by atoms with Gasteiger partial charge in [-0.05, 0) is 43.7 Å². The average molecular weight is 374 g/mol. The number of carbonyl (C=O) groups is 2. The van der Waals surface area contributed by atoms with Gasteiger partial charge in [-0.1, -0.05) is 23.7 Å². The van der Waals surface area contributed by atoms with Crippen LogP contribution in [0.5, 0.6) is 0 Å². The minimum atomic E-state index is -0.389. The number of nitrogens with zero attached hydrogens (tertiary/aromatic N) is 2. The zero-order valence-corrected chi connectivity index (χ0v) is 15.6. The molecule has 0 aliphatic heterocycles. The predicted octanol–water partition coefficient (Wildman–Crippen LogP) is 3.61. The Hall–Kier alpha value is -2.86. The largest absolute Gasteiger partial charge is 0.463 e. The fourth-order valence-corrected chi connectivity index (χ4v) is 2.45. The van der Waals surface area contributed by atoms with Crippen molar-refractivity contribution in [2.75, 3.05) is 11.9 Å². The molecule has 0 spiro atoms. The summed E-state index contributed by atoms with van der Waals surface area (Å²) in [5.74, 6) is -0.668. The summed E-state index contributed by atoms with van der Waals surface area (Å²) < 4.78 is 6.37. The lowest BCUT2D eigenvalue weighted by Crippen LogP contribution is -2.07. The molecule has 2 aromatic rings. The van der Waals surface area contributed by atoms with Gasteiger partial charge >= 0.3 is 5.97 Å². The van der Waals surface area contributed by atoms with Crippen molar-refractivity contribution in [1.82, 2.24) is 9.78 Å². The number of hydrogen-bond acceptors (Lipinski definition) is 4. The first-order chi connectivity index (χ1) is 12.4. The molecule has 6 nitrogen and oxygen atoms in total. The smallest absolute Gasteiger partial charge is 0.330 e. The summed E-state index contributed by atoms with van der Waals surface area (Å²) in [5, 5.41) is 7.42. The summed E-state index contributed by atoms with van der Waals surface area (Å²) in [6.07, 6.45) is 6.05. The molecule has 2 rings (SSSR count). The van der Waals surface area contributed by atoms with Gasteiger partial charge in [-0.3, -0.25) is 9.48 Å². The van der Waals surface area contributed by atoms with E-state index >= 15 is 0 Å². The van der Waals surface area contributed by atoms with Crippen molar-refractivity contribution >= 4 is 41.3 Å². The molecular weight excluding hydrogens is 354 g/mol. The molecule has 0 aliphatic rings. The lowest BCUT2D eigenvalue weighted by molar-refractivity contribution is -0.137. The second kappa shape index (κ2) is 9.01. The fraction of sp³-hybridized carbons (Fsp3) is 0.211. The second-order valence-corrected chi connectivity index (χ2v) is 5.80. The van der Waals surface area contributed by atoms with Crippen LogP contribution in [0, 0.1) is 6.92 Å². The van der Waals surface area contributed by atoms with E-state index in [1.165, 1.54) is 12.2 Å². The van der Waals surface area contributed by atoms with E-state index < -0.39 is 0 Å². The van der Waals surface area contributed by atoms with Crippen molar-refractivity contribution in [3.63, 3.8) is 0 Å². The van der Waals surface area contributed by atoms with Crippen molar-refractivity contribution in [3.05, 3.63) is 58.4 Å². The molecule has 1 heterocycles. The van der Waals surface area contributed by atoms with E-state index in [4.69, 9.17) is 16.3 Å². The first-order valence-corrected chi connectivity index (χ1v) is 8.41. The van der Waals surface area contributed by atoms with Crippen molar-refractivity contribution in [3.8, 4) is 0 Å². The van der Waals surface area contributed by atoms with Crippen LogP contribution in [0.3, 0.4) is 0 Å². The van der Waals surface area contributed by atoms with Crippen LogP contribution in [0.2, 0.25) is 5.15 Å². The quantitative estimate of drug-likeness (QED) is 0.620. The highest BCUT2D eigenvalue weighted by molar-refractivity contribution is 6.31. The molecule has 0 fully saturated rings. The number of anilines is 1. The Morgan fingerprint density at radius 2 is 1.92 bits per heavy atom. The SMILES string of the molecule is CCOC(=O)/C=C/c1ccc(NC(=O)/C=C/c2c(C)nn(C)c2Cl)cc1. The molecule has 1 N–H and O–H groups in total. The number of carbonyl (C=O) groups excluding carboxylic acids is 2. The summed E-state index contributed by atoms with van der Waals surface area (Å²) >= 11 is 6.12. The molecule has 1 amide bonds. The lowest BCUT2D eigenvalue weighted by Gasteiger charge is -2.02. The third kappa shape index (κ3) is 5.32. The van der Waals surface area contributed by atoms with Crippen LogP contribution in [0.25, 0.3) is 12.2 Å². The van der Waals surface area contributed by atoms with E-state index in [2.05, 4.69) is 10.4 Å². The third-order valence-corrected chi connectivity index (χ3v) is 3.92. The van der Waals surface area contributed by atoms with Gasteiger partial charge < -0.3 is 10.1 Å². The standard InChI is InChI=1S/C19H20ClN3O3/c1-4-26-18(25)12-7-14-5-8-15(9-6-14)21-17(24)11-10-16-13(2)22-23(3)19(16)20/h5-12H,4H2,1-3H3,(H,21,24)/b11-10+,12-7+. The molecule has 1 aromatic heterocycles. The maximum atomic E-state index is 12.0. The number of rotatable bonds is 6. The van der Waals surface area contributed by atoms with Gasteiger partial charge in [0.05, 0.1) is 12.3 Å². The number of aryl methyl sites for hydroxylation is 2. The number of benzene rings is 1. The van der Waals surface area contributed by atoms with Crippen LogP contribution in [-0.4, -0.2) is 28.3 Å². The number of nitrogens with one attached hydrogen (secondary N) is 1. The minimum absolute atomic E-state index is 0.279. The molecular formula is C19H20ClN3O3. The van der Waals surface area contributed by atoms with Crippen molar-refractivity contribution in [2.45, 2.75) is 13.8 Å². The Bertz CT molecular complexity index is 852. The van der Waals surface area contributed by atoms with Gasteiger partial charge in [-0.25, -0.2) is 4.79 Å². The van der Waals surface area contributed by atoms with Crippen molar-refractivity contribution < 1.29 is 14.3 Å². The first kappa shape index (κ1) is 19.5. The van der Waals surface area contributed by atoms with E-state index in [1.807, 2.05) is 6.92 Å². The molecule has 1 aromatic carbocycles. The molecule has 136 valence electrons. The van der Waals surface area contributed by atoms with E-state index in [0.29, 0.717) is 23.0 Å². The molecule has 7 heteroatoms. The Labute approximate surface area is 157 Å². The molecule has 0 saturated carbocycles. The van der Waals surface area contributed by atoms with Crippen LogP contribution >= 0.6 is 11.6 Å². The third-order valence-electron chi connectivity index (χ3n) is 3.47. The summed E-state index contributed by atoms with van der Waals surface area (Å²) in [6.45, 7) is 3.92. The van der Waals surface area contributed by atoms with Gasteiger partial charge in [-0.2, -0.15) is 5.10 Å². The van der Waals surface area contributed by atoms with Crippen LogP contribution in [0.15, 0.2) is 36.4 Å². The van der Waals surface area contributed by atoms with E-state index in [1.54, 1.807) is 55.1 Å². The van der Waals surface area contributed by atoms with Crippen molar-refractivity contribution in [2.24, 2.45) is 7.05 Å². The Morgan fingerprint density at radius 3 is 2.50 bits per heavy atom. The molecule has 0 saturated heterocycles. The summed E-state index contributed by atoms with van der Waals surface area (Å²) in [6, 6.07) is 7.08. The minimum Gasteiger partial charge on any atom is -0.463 e. The molecule has 0 unspecified atom stereocenters. The second-order valence-electron chi connectivity index (χ2n) is 5.44. The van der Waals surface area contributed by atoms with Gasteiger partial charge in [0, 0.05) is 30.5 Å². The average Bonchev–Trinajstić information content (AvgIpc) is 2.85. The van der Waals surface area contributed by atoms with Crippen LogP contribution in [0.1, 0.15) is 23.7 Å². The Kier molecular flexibility index (Phi) is 6.74. The van der Waals surface area contributed by atoms with Gasteiger partial charge in [0.15, 0.2) is 0 Å².